The smallest absolute Gasteiger partial charge is 0.292 e. The summed E-state index contributed by atoms with van der Waals surface area (Å²) in [6, 6.07) is 3.70. The van der Waals surface area contributed by atoms with E-state index < -0.39 is 0 Å². The van der Waals surface area contributed by atoms with Gasteiger partial charge in [-0.15, -0.1) is 5.10 Å². The summed E-state index contributed by atoms with van der Waals surface area (Å²) < 4.78 is 11.1. The van der Waals surface area contributed by atoms with Crippen molar-refractivity contribution in [2.45, 2.75) is 39.0 Å². The molecule has 0 bridgehead atoms. The lowest BCUT2D eigenvalue weighted by Crippen LogP contribution is -2.30. The number of fused-ring (bicyclic) bond motifs is 1. The molecule has 0 radical (unpaired) electrons. The van der Waals surface area contributed by atoms with Gasteiger partial charge in [0.15, 0.2) is 0 Å². The summed E-state index contributed by atoms with van der Waals surface area (Å²) in [6.07, 6.45) is 4.95. The third-order valence-corrected chi connectivity index (χ3v) is 4.97. The van der Waals surface area contributed by atoms with E-state index in [0.717, 1.165) is 55.6 Å². The number of amides is 1. The molecule has 2 aromatic heterocycles. The van der Waals surface area contributed by atoms with Crippen LogP contribution in [0.3, 0.4) is 0 Å². The molecule has 0 spiro atoms. The highest BCUT2D eigenvalue weighted by atomic mass is 16.5. The van der Waals surface area contributed by atoms with Gasteiger partial charge in [0.2, 0.25) is 11.6 Å². The molecule has 7 heteroatoms. The highest BCUT2D eigenvalue weighted by Gasteiger charge is 2.32. The lowest BCUT2D eigenvalue weighted by Gasteiger charge is -2.16. The van der Waals surface area contributed by atoms with Crippen LogP contribution in [0.25, 0.3) is 0 Å². The molecule has 1 atom stereocenters. The molecular weight excluding hydrogens is 320 g/mol. The van der Waals surface area contributed by atoms with Crippen molar-refractivity contribution in [1.82, 2.24) is 20.3 Å². The van der Waals surface area contributed by atoms with Crippen LogP contribution in [0.2, 0.25) is 0 Å². The second-order valence-corrected chi connectivity index (χ2v) is 6.87. The van der Waals surface area contributed by atoms with E-state index in [4.69, 9.17) is 9.26 Å². The molecule has 132 valence electrons. The Bertz CT molecular complexity index is 756. The Morgan fingerprint density at radius 3 is 3.04 bits per heavy atom. The van der Waals surface area contributed by atoms with E-state index in [2.05, 4.69) is 15.4 Å². The summed E-state index contributed by atoms with van der Waals surface area (Å²) in [5, 5.41) is 12.1. The summed E-state index contributed by atoms with van der Waals surface area (Å²) in [5.74, 6) is 1.24. The van der Waals surface area contributed by atoms with Crippen molar-refractivity contribution < 1.29 is 14.1 Å². The van der Waals surface area contributed by atoms with Gasteiger partial charge in [-0.1, -0.05) is 5.16 Å². The number of rotatable bonds is 4. The van der Waals surface area contributed by atoms with Gasteiger partial charge in [0.1, 0.15) is 0 Å². The minimum atomic E-state index is -0.0340. The zero-order chi connectivity index (χ0) is 17.2. The SMILES string of the molecule is Cc1ccc(OCC2CCN(C(=O)c3onc4c3CCCC4)C2)nn1. The van der Waals surface area contributed by atoms with Gasteiger partial charge in [-0.2, -0.15) is 5.10 Å². The zero-order valence-corrected chi connectivity index (χ0v) is 14.4. The van der Waals surface area contributed by atoms with Crippen LogP contribution in [-0.4, -0.2) is 45.9 Å². The zero-order valence-electron chi connectivity index (χ0n) is 14.4. The molecule has 0 saturated carbocycles. The Kier molecular flexibility index (Phi) is 4.38. The predicted molar refractivity (Wildman–Crippen MR) is 89.4 cm³/mol. The average molecular weight is 342 g/mol. The van der Waals surface area contributed by atoms with Crippen molar-refractivity contribution in [2.24, 2.45) is 5.92 Å². The third-order valence-electron chi connectivity index (χ3n) is 4.97. The molecular formula is C18H22N4O3. The lowest BCUT2D eigenvalue weighted by atomic mass is 9.96. The largest absolute Gasteiger partial charge is 0.476 e. The van der Waals surface area contributed by atoms with Crippen molar-refractivity contribution in [3.63, 3.8) is 0 Å². The normalized spacial score (nSPS) is 19.7. The molecule has 7 nitrogen and oxygen atoms in total. The maximum atomic E-state index is 12.8. The highest BCUT2D eigenvalue weighted by molar-refractivity contribution is 5.93. The summed E-state index contributed by atoms with van der Waals surface area (Å²) >= 11 is 0. The minimum Gasteiger partial charge on any atom is -0.476 e. The van der Waals surface area contributed by atoms with Crippen LogP contribution in [-0.2, 0) is 12.8 Å². The first kappa shape index (κ1) is 16.1. The van der Waals surface area contributed by atoms with Gasteiger partial charge in [-0.3, -0.25) is 4.79 Å². The number of carbonyl (C=O) groups excluding carboxylic acids is 1. The molecule has 1 aliphatic heterocycles. The first-order valence-electron chi connectivity index (χ1n) is 8.90. The van der Waals surface area contributed by atoms with E-state index >= 15 is 0 Å². The van der Waals surface area contributed by atoms with Crippen LogP contribution in [0, 0.1) is 12.8 Å². The lowest BCUT2D eigenvalue weighted by molar-refractivity contribution is 0.0739. The van der Waals surface area contributed by atoms with Crippen LogP contribution < -0.4 is 4.74 Å². The Hall–Kier alpha value is -2.44. The monoisotopic (exact) mass is 342 g/mol. The fourth-order valence-electron chi connectivity index (χ4n) is 3.52. The summed E-state index contributed by atoms with van der Waals surface area (Å²) in [7, 11) is 0. The van der Waals surface area contributed by atoms with Gasteiger partial charge in [0, 0.05) is 30.6 Å². The number of aryl methyl sites for hydroxylation is 2. The first-order chi connectivity index (χ1) is 12.2. The van der Waals surface area contributed by atoms with Crippen molar-refractivity contribution >= 4 is 5.91 Å². The van der Waals surface area contributed by atoms with Gasteiger partial charge >= 0.3 is 0 Å². The molecule has 2 aliphatic rings. The topological polar surface area (TPSA) is 81.4 Å². The van der Waals surface area contributed by atoms with E-state index in [-0.39, 0.29) is 5.91 Å². The minimum absolute atomic E-state index is 0.0340. The van der Waals surface area contributed by atoms with Crippen LogP contribution >= 0.6 is 0 Å². The fraction of sp³-hybridized carbons (Fsp3) is 0.556. The number of likely N-dealkylation sites (tertiary alicyclic amines) is 1. The molecule has 1 aliphatic carbocycles. The highest BCUT2D eigenvalue weighted by Crippen LogP contribution is 2.27. The number of carbonyl (C=O) groups is 1. The molecule has 4 rings (SSSR count). The van der Waals surface area contributed by atoms with Gasteiger partial charge in [-0.25, -0.2) is 0 Å². The van der Waals surface area contributed by atoms with Crippen LogP contribution in [0.4, 0.5) is 0 Å². The maximum absolute atomic E-state index is 12.8. The molecule has 3 heterocycles. The van der Waals surface area contributed by atoms with Crippen molar-refractivity contribution in [3.05, 3.63) is 34.8 Å². The fourth-order valence-corrected chi connectivity index (χ4v) is 3.52. The van der Waals surface area contributed by atoms with Gasteiger partial charge in [0.05, 0.1) is 18.0 Å². The van der Waals surface area contributed by atoms with Crippen molar-refractivity contribution in [3.8, 4) is 5.88 Å². The number of nitrogens with zero attached hydrogens (tertiary/aromatic N) is 4. The summed E-state index contributed by atoms with van der Waals surface area (Å²) in [4.78, 5) is 14.6. The molecule has 0 N–H and O–H groups in total. The number of hydrogen-bond acceptors (Lipinski definition) is 6. The van der Waals surface area contributed by atoms with E-state index in [0.29, 0.717) is 30.7 Å². The maximum Gasteiger partial charge on any atom is 0.292 e. The molecule has 1 saturated heterocycles. The van der Waals surface area contributed by atoms with E-state index in [9.17, 15) is 4.79 Å². The molecule has 1 amide bonds. The number of hydrogen-bond donors (Lipinski definition) is 0. The molecule has 1 fully saturated rings. The summed E-state index contributed by atoms with van der Waals surface area (Å²) in [6.45, 7) is 3.82. The van der Waals surface area contributed by atoms with Crippen LogP contribution in [0.15, 0.2) is 16.7 Å². The second kappa shape index (κ2) is 6.82. The van der Waals surface area contributed by atoms with E-state index in [1.54, 1.807) is 0 Å². The standard InChI is InChI=1S/C18H22N4O3/c1-12-6-7-16(20-19-12)24-11-13-8-9-22(10-13)18(23)17-14-4-2-3-5-15(14)21-25-17/h6-7,13H,2-5,8-11H2,1H3. The van der Waals surface area contributed by atoms with E-state index in [1.807, 2.05) is 24.0 Å². The summed E-state index contributed by atoms with van der Waals surface area (Å²) in [5.41, 5.74) is 2.85. The molecule has 25 heavy (non-hydrogen) atoms. The third kappa shape index (κ3) is 3.36. The van der Waals surface area contributed by atoms with Gasteiger partial charge in [0.25, 0.3) is 5.91 Å². The van der Waals surface area contributed by atoms with Crippen molar-refractivity contribution in [1.29, 1.82) is 0 Å². The second-order valence-electron chi connectivity index (χ2n) is 6.87. The van der Waals surface area contributed by atoms with Gasteiger partial charge in [-0.05, 0) is 45.1 Å². The number of aromatic nitrogens is 3. The Morgan fingerprint density at radius 2 is 2.20 bits per heavy atom. The van der Waals surface area contributed by atoms with Crippen molar-refractivity contribution in [2.75, 3.05) is 19.7 Å². The molecule has 2 aromatic rings. The first-order valence-corrected chi connectivity index (χ1v) is 8.90. The molecule has 1 unspecified atom stereocenters. The Labute approximate surface area is 146 Å². The average Bonchev–Trinajstić information content (AvgIpc) is 3.28. The van der Waals surface area contributed by atoms with Crippen LogP contribution in [0.5, 0.6) is 5.88 Å². The van der Waals surface area contributed by atoms with E-state index in [1.165, 1.54) is 0 Å². The van der Waals surface area contributed by atoms with Gasteiger partial charge < -0.3 is 14.2 Å². The molecule has 0 aromatic carbocycles. The number of ether oxygens (including phenoxy) is 1. The quantitative estimate of drug-likeness (QED) is 0.847. The van der Waals surface area contributed by atoms with Crippen LogP contribution in [0.1, 0.15) is 46.8 Å². The predicted octanol–water partition coefficient (Wildman–Crippen LogP) is 2.19. The Balaban J connectivity index is 1.35. The Morgan fingerprint density at radius 1 is 1.32 bits per heavy atom.